The summed E-state index contributed by atoms with van der Waals surface area (Å²) in [5.41, 5.74) is -0.422. The highest BCUT2D eigenvalue weighted by molar-refractivity contribution is 7.86. The summed E-state index contributed by atoms with van der Waals surface area (Å²) in [7, 11) is 2.21. The molecule has 5 heteroatoms. The highest BCUT2D eigenvalue weighted by Gasteiger charge is 2.37. The summed E-state index contributed by atoms with van der Waals surface area (Å²) in [4.78, 5) is 12.7. The summed E-state index contributed by atoms with van der Waals surface area (Å²) in [6, 6.07) is 0. The Hall–Kier alpha value is 0.235. The monoisotopic (exact) mass is 358 g/mol. The quantitative estimate of drug-likeness (QED) is 0.306. The van der Waals surface area contributed by atoms with E-state index in [9.17, 15) is 4.79 Å². The lowest BCUT2D eigenvalue weighted by atomic mass is 9.47. The third-order valence-corrected chi connectivity index (χ3v) is 6.94. The average Bonchev–Trinajstić information content (AvgIpc) is 2.44. The van der Waals surface area contributed by atoms with Gasteiger partial charge in [0.15, 0.2) is 0 Å². The molecular weight excluding hydrogens is 321 g/mol. The molecule has 0 aromatic carbocycles. The van der Waals surface area contributed by atoms with Crippen molar-refractivity contribution in [2.75, 3.05) is 0 Å². The molecule has 0 fully saturated rings. The van der Waals surface area contributed by atoms with E-state index in [1.165, 1.54) is 0 Å². The van der Waals surface area contributed by atoms with Crippen LogP contribution in [0, 0.1) is 23.2 Å². The molecular formula is C18H37BNOS2. The van der Waals surface area contributed by atoms with Crippen LogP contribution >= 0.6 is 25.3 Å². The van der Waals surface area contributed by atoms with E-state index in [1.807, 2.05) is 13.8 Å². The van der Waals surface area contributed by atoms with Crippen LogP contribution in [0.15, 0.2) is 0 Å². The topological polar surface area (TPSA) is 29.1 Å². The second kappa shape index (κ2) is 9.08. The lowest BCUT2D eigenvalue weighted by molar-refractivity contribution is -0.132. The molecule has 4 atom stereocenters. The Morgan fingerprint density at radius 1 is 1.09 bits per heavy atom. The zero-order chi connectivity index (χ0) is 18.6. The number of carbonyl (C=O) groups is 1. The minimum atomic E-state index is -0.422. The summed E-state index contributed by atoms with van der Waals surface area (Å²) in [5.74, 6) is 1.36. The first-order valence-electron chi connectivity index (χ1n) is 8.80. The van der Waals surface area contributed by atoms with Crippen molar-refractivity contribution >= 4 is 38.4 Å². The maximum absolute atomic E-state index is 12.7. The molecule has 4 unspecified atom stereocenters. The molecule has 1 radical (unpaired) electrons. The van der Waals surface area contributed by atoms with Gasteiger partial charge >= 0.3 is 0 Å². The maximum atomic E-state index is 12.7. The minimum Gasteiger partial charge on any atom is -0.344 e. The molecule has 0 aliphatic carbocycles. The van der Waals surface area contributed by atoms with Crippen molar-refractivity contribution in [2.45, 2.75) is 84.6 Å². The van der Waals surface area contributed by atoms with E-state index in [0.29, 0.717) is 17.8 Å². The van der Waals surface area contributed by atoms with E-state index in [-0.39, 0.29) is 21.7 Å². The predicted molar refractivity (Wildman–Crippen MR) is 111 cm³/mol. The highest BCUT2D eigenvalue weighted by Crippen LogP contribution is 2.37. The van der Waals surface area contributed by atoms with Crippen LogP contribution in [0.1, 0.15) is 68.7 Å². The molecule has 0 spiro atoms. The summed E-state index contributed by atoms with van der Waals surface area (Å²) >= 11 is 9.25. The molecule has 0 bridgehead atoms. The fraction of sp³-hybridized carbons (Fsp3) is 0.944. The molecule has 135 valence electrons. The summed E-state index contributed by atoms with van der Waals surface area (Å²) in [6.07, 6.45) is 1.12. The molecule has 23 heavy (non-hydrogen) atoms. The molecule has 0 rings (SSSR count). The Labute approximate surface area is 156 Å². The van der Waals surface area contributed by atoms with Gasteiger partial charge < -0.3 is 5.32 Å². The number of hydrogen-bond acceptors (Lipinski definition) is 3. The van der Waals surface area contributed by atoms with Crippen molar-refractivity contribution < 1.29 is 4.79 Å². The van der Waals surface area contributed by atoms with Gasteiger partial charge in [-0.15, -0.1) is 0 Å². The van der Waals surface area contributed by atoms with E-state index < -0.39 is 5.41 Å². The molecule has 0 aromatic heterocycles. The molecule has 2 nitrogen and oxygen atoms in total. The SMILES string of the molecule is CCC(C)C(C)(C)[B]C(S)C(S)NC(=O)C(C)(C)C(C)C(C)C. The Morgan fingerprint density at radius 3 is 1.96 bits per heavy atom. The first-order valence-corrected chi connectivity index (χ1v) is 9.83. The van der Waals surface area contributed by atoms with Crippen LogP contribution < -0.4 is 5.32 Å². The zero-order valence-electron chi connectivity index (χ0n) is 16.5. The molecule has 0 aliphatic heterocycles. The number of amides is 1. The van der Waals surface area contributed by atoms with E-state index >= 15 is 0 Å². The zero-order valence-corrected chi connectivity index (χ0v) is 18.3. The van der Waals surface area contributed by atoms with E-state index in [2.05, 4.69) is 86.3 Å². The van der Waals surface area contributed by atoms with Crippen molar-refractivity contribution in [2.24, 2.45) is 23.2 Å². The van der Waals surface area contributed by atoms with E-state index in [4.69, 9.17) is 0 Å². The number of nitrogens with one attached hydrogen (secondary N) is 1. The molecule has 1 N–H and O–H groups in total. The van der Waals surface area contributed by atoms with Crippen LogP contribution in [-0.4, -0.2) is 23.7 Å². The van der Waals surface area contributed by atoms with E-state index in [1.54, 1.807) is 0 Å². The first kappa shape index (κ1) is 23.2. The van der Waals surface area contributed by atoms with Crippen LogP contribution in [0.5, 0.6) is 0 Å². The lowest BCUT2D eigenvalue weighted by Gasteiger charge is -2.37. The van der Waals surface area contributed by atoms with Crippen molar-refractivity contribution in [3.05, 3.63) is 0 Å². The van der Waals surface area contributed by atoms with Crippen molar-refractivity contribution in [1.29, 1.82) is 0 Å². The molecule has 0 saturated heterocycles. The maximum Gasteiger partial charge on any atom is 0.226 e. The molecule has 0 aliphatic rings. The van der Waals surface area contributed by atoms with Crippen molar-refractivity contribution in [1.82, 2.24) is 5.32 Å². The van der Waals surface area contributed by atoms with Crippen LogP contribution in [0.3, 0.4) is 0 Å². The first-order chi connectivity index (χ1) is 10.3. The summed E-state index contributed by atoms with van der Waals surface area (Å²) in [6.45, 7) is 19.3. The average molecular weight is 358 g/mol. The van der Waals surface area contributed by atoms with Crippen LogP contribution in [0.25, 0.3) is 0 Å². The van der Waals surface area contributed by atoms with Gasteiger partial charge in [0.2, 0.25) is 5.91 Å². The molecule has 0 saturated carbocycles. The Morgan fingerprint density at radius 2 is 1.57 bits per heavy atom. The second-order valence-electron chi connectivity index (χ2n) is 8.46. The minimum absolute atomic E-state index is 0.0486. The van der Waals surface area contributed by atoms with E-state index in [0.717, 1.165) is 6.42 Å². The van der Waals surface area contributed by atoms with Crippen LogP contribution in [0.2, 0.25) is 5.31 Å². The molecule has 0 aromatic rings. The number of hydrogen-bond donors (Lipinski definition) is 3. The lowest BCUT2D eigenvalue weighted by Crippen LogP contribution is -2.49. The normalized spacial score (nSPS) is 18.3. The second-order valence-corrected chi connectivity index (χ2v) is 9.61. The van der Waals surface area contributed by atoms with Gasteiger partial charge in [0.05, 0.1) is 5.37 Å². The molecule has 0 heterocycles. The summed E-state index contributed by atoms with van der Waals surface area (Å²) < 4.78 is 0. The number of rotatable bonds is 9. The van der Waals surface area contributed by atoms with Gasteiger partial charge in [-0.3, -0.25) is 4.79 Å². The smallest absolute Gasteiger partial charge is 0.226 e. The summed E-state index contributed by atoms with van der Waals surface area (Å²) in [5, 5.41) is 2.74. The third kappa shape index (κ3) is 6.57. The van der Waals surface area contributed by atoms with Gasteiger partial charge in [0, 0.05) is 10.6 Å². The highest BCUT2D eigenvalue weighted by atomic mass is 32.1. The fourth-order valence-corrected chi connectivity index (χ4v) is 3.33. The number of thiol groups is 2. The standard InChI is InChI=1S/C18H37BNOS2/c1-10-12(4)18(8,9)19-14(22)15(23)20-16(21)17(6,7)13(5)11(2)3/h11-15,22-23H,10H2,1-9H3,(H,20,21). The van der Waals surface area contributed by atoms with Crippen LogP contribution in [0.4, 0.5) is 0 Å². The Bertz CT molecular complexity index is 385. The van der Waals surface area contributed by atoms with Gasteiger partial charge in [0.1, 0.15) is 7.28 Å². The predicted octanol–water partition coefficient (Wildman–Crippen LogP) is 4.88. The van der Waals surface area contributed by atoms with Gasteiger partial charge in [-0.1, -0.05) is 74.0 Å². The van der Waals surface area contributed by atoms with Gasteiger partial charge in [-0.05, 0) is 17.8 Å². The Balaban J connectivity index is 4.81. The molecule has 1 amide bonds. The Kier molecular flexibility index (Phi) is 9.17. The largest absolute Gasteiger partial charge is 0.344 e. The number of carbonyl (C=O) groups excluding carboxylic acids is 1. The van der Waals surface area contributed by atoms with Crippen LogP contribution in [-0.2, 0) is 4.79 Å². The van der Waals surface area contributed by atoms with Crippen molar-refractivity contribution in [3.63, 3.8) is 0 Å². The van der Waals surface area contributed by atoms with Gasteiger partial charge in [-0.2, -0.15) is 25.3 Å². The van der Waals surface area contributed by atoms with Crippen molar-refractivity contribution in [3.8, 4) is 0 Å². The fourth-order valence-electron chi connectivity index (χ4n) is 2.67. The van der Waals surface area contributed by atoms with Gasteiger partial charge in [-0.25, -0.2) is 0 Å². The third-order valence-electron chi connectivity index (χ3n) is 5.81. The van der Waals surface area contributed by atoms with Gasteiger partial charge in [0.25, 0.3) is 0 Å².